The van der Waals surface area contributed by atoms with Crippen LogP contribution in [0.5, 0.6) is 0 Å². The van der Waals surface area contributed by atoms with Crippen LogP contribution < -0.4 is 5.32 Å². The summed E-state index contributed by atoms with van der Waals surface area (Å²) in [6.07, 6.45) is 4.12. The molecule has 4 aromatic rings. The minimum absolute atomic E-state index is 0.141. The Morgan fingerprint density at radius 2 is 1.31 bits per heavy atom. The monoisotopic (exact) mass is 432 g/mol. The van der Waals surface area contributed by atoms with Gasteiger partial charge in [0.2, 0.25) is 0 Å². The second-order valence-corrected chi connectivity index (χ2v) is 8.59. The molecule has 32 heavy (non-hydrogen) atoms. The van der Waals surface area contributed by atoms with Crippen LogP contribution in [0.4, 0.5) is 0 Å². The first-order valence-corrected chi connectivity index (χ1v) is 11.9. The molecule has 0 radical (unpaired) electrons. The maximum Gasteiger partial charge on any atom is 0.145 e. The van der Waals surface area contributed by atoms with Gasteiger partial charge in [0, 0.05) is 16.2 Å². The van der Waals surface area contributed by atoms with Crippen LogP contribution >= 0.6 is 11.8 Å². The van der Waals surface area contributed by atoms with Crippen LogP contribution in [0.25, 0.3) is 16.8 Å². The number of hydrogen-bond acceptors (Lipinski definition) is 3. The molecule has 0 saturated carbocycles. The molecule has 156 valence electrons. The third-order valence-corrected chi connectivity index (χ3v) is 6.33. The molecule has 0 bridgehead atoms. The highest BCUT2D eigenvalue weighted by molar-refractivity contribution is 7.98. The van der Waals surface area contributed by atoms with Crippen LogP contribution in [0.1, 0.15) is 22.9 Å². The Morgan fingerprint density at radius 3 is 2.06 bits per heavy atom. The maximum absolute atomic E-state index is 5.13. The zero-order chi connectivity index (χ0) is 21.8. The van der Waals surface area contributed by atoms with Crippen LogP contribution in [0, 0.1) is 0 Å². The van der Waals surface area contributed by atoms with Crippen LogP contribution in [-0.2, 0) is 0 Å². The lowest BCUT2D eigenvalue weighted by atomic mass is 9.98. The summed E-state index contributed by atoms with van der Waals surface area (Å²) in [7, 11) is 0. The summed E-state index contributed by atoms with van der Waals surface area (Å²) in [6, 6.07) is 38.2. The molecule has 1 atom stereocenters. The number of thioether (sulfide) groups is 1. The maximum atomic E-state index is 5.13. The summed E-state index contributed by atoms with van der Waals surface area (Å²) in [4.78, 5) is 6.37. The molecule has 2 nitrogen and oxygen atoms in total. The van der Waals surface area contributed by atoms with Gasteiger partial charge in [-0.2, -0.15) is 0 Å². The van der Waals surface area contributed by atoms with E-state index in [0.717, 1.165) is 28.1 Å². The summed E-state index contributed by atoms with van der Waals surface area (Å²) >= 11 is 1.75. The van der Waals surface area contributed by atoms with Gasteiger partial charge in [0.1, 0.15) is 6.17 Å². The van der Waals surface area contributed by atoms with Crippen molar-refractivity contribution in [2.45, 2.75) is 11.1 Å². The van der Waals surface area contributed by atoms with Crippen LogP contribution in [0.2, 0.25) is 0 Å². The van der Waals surface area contributed by atoms with Crippen LogP contribution in [0.15, 0.2) is 125 Å². The van der Waals surface area contributed by atoms with Gasteiger partial charge in [-0.1, -0.05) is 91.0 Å². The van der Waals surface area contributed by atoms with Crippen molar-refractivity contribution in [3.05, 3.63) is 132 Å². The van der Waals surface area contributed by atoms with Crippen LogP contribution in [-0.4, -0.2) is 12.0 Å². The van der Waals surface area contributed by atoms with Crippen molar-refractivity contribution >= 4 is 23.2 Å². The van der Waals surface area contributed by atoms with E-state index in [1.54, 1.807) is 11.8 Å². The van der Waals surface area contributed by atoms with E-state index in [0.29, 0.717) is 0 Å². The lowest BCUT2D eigenvalue weighted by Gasteiger charge is -2.25. The van der Waals surface area contributed by atoms with Crippen molar-refractivity contribution in [1.82, 2.24) is 5.32 Å². The van der Waals surface area contributed by atoms with Gasteiger partial charge in [-0.25, -0.2) is 0 Å². The molecule has 0 spiro atoms. The lowest BCUT2D eigenvalue weighted by Crippen LogP contribution is -2.24. The van der Waals surface area contributed by atoms with Crippen molar-refractivity contribution in [3.63, 3.8) is 0 Å². The Hall–Kier alpha value is -3.56. The molecule has 1 heterocycles. The van der Waals surface area contributed by atoms with Gasteiger partial charge >= 0.3 is 0 Å². The average Bonchev–Trinajstić information content (AvgIpc) is 2.89. The summed E-state index contributed by atoms with van der Waals surface area (Å²) in [5.74, 6) is 0. The molecule has 3 heteroatoms. The second kappa shape index (κ2) is 9.29. The highest BCUT2D eigenvalue weighted by Crippen LogP contribution is 2.29. The number of nitrogens with one attached hydrogen (secondary N) is 1. The number of hydrogen-bond donors (Lipinski definition) is 1. The number of aliphatic imine (C=N–C) groups is 1. The van der Waals surface area contributed by atoms with Gasteiger partial charge in [-0.15, -0.1) is 11.8 Å². The standard InChI is InChI=1S/C29H24N2S/c1-32-26-17-9-16-25(19-26)29-30-27(22-12-6-3-7-13-22)20-28(31-29)24-15-8-14-23(18-24)21-10-4-2-5-11-21/h2-20,29-30H,1H3. The van der Waals surface area contributed by atoms with Crippen molar-refractivity contribution in [1.29, 1.82) is 0 Å². The van der Waals surface area contributed by atoms with Crippen molar-refractivity contribution in [2.75, 3.05) is 6.26 Å². The molecule has 5 rings (SSSR count). The van der Waals surface area contributed by atoms with E-state index in [-0.39, 0.29) is 6.17 Å². The van der Waals surface area contributed by atoms with E-state index < -0.39 is 0 Å². The molecule has 0 aromatic heterocycles. The first kappa shape index (κ1) is 20.3. The van der Waals surface area contributed by atoms with Crippen LogP contribution in [0.3, 0.4) is 0 Å². The van der Waals surface area contributed by atoms with Gasteiger partial charge in [0.15, 0.2) is 0 Å². The van der Waals surface area contributed by atoms with Crippen molar-refractivity contribution < 1.29 is 0 Å². The summed E-state index contributed by atoms with van der Waals surface area (Å²) in [5.41, 5.74) is 7.91. The molecule has 4 aromatic carbocycles. The van der Waals surface area contributed by atoms with Crippen molar-refractivity contribution in [3.8, 4) is 11.1 Å². The van der Waals surface area contributed by atoms with Gasteiger partial charge in [-0.05, 0) is 52.8 Å². The Balaban J connectivity index is 1.59. The highest BCUT2D eigenvalue weighted by Gasteiger charge is 2.20. The van der Waals surface area contributed by atoms with E-state index >= 15 is 0 Å². The Bertz CT molecular complexity index is 1280. The molecule has 1 aliphatic heterocycles. The average molecular weight is 433 g/mol. The predicted octanol–water partition coefficient (Wildman–Crippen LogP) is 7.21. The number of nitrogens with zero attached hydrogens (tertiary/aromatic N) is 1. The number of benzene rings is 4. The molecular formula is C29H24N2S. The summed E-state index contributed by atoms with van der Waals surface area (Å²) < 4.78 is 0. The number of allylic oxidation sites excluding steroid dienone is 1. The second-order valence-electron chi connectivity index (χ2n) is 7.71. The van der Waals surface area contributed by atoms with Crippen molar-refractivity contribution in [2.24, 2.45) is 4.99 Å². The van der Waals surface area contributed by atoms with E-state index in [1.165, 1.54) is 16.0 Å². The third-order valence-electron chi connectivity index (χ3n) is 5.60. The fourth-order valence-corrected chi connectivity index (χ4v) is 4.40. The predicted molar refractivity (Wildman–Crippen MR) is 137 cm³/mol. The Kier molecular flexibility index (Phi) is 5.91. The van der Waals surface area contributed by atoms with E-state index in [2.05, 4.69) is 115 Å². The molecule has 1 unspecified atom stereocenters. The number of rotatable bonds is 5. The first-order valence-electron chi connectivity index (χ1n) is 10.7. The third kappa shape index (κ3) is 4.39. The van der Waals surface area contributed by atoms with E-state index in [1.807, 2.05) is 12.1 Å². The normalized spacial score (nSPS) is 15.5. The minimum Gasteiger partial charge on any atom is -0.360 e. The zero-order valence-electron chi connectivity index (χ0n) is 17.9. The lowest BCUT2D eigenvalue weighted by molar-refractivity contribution is 0.662. The fourth-order valence-electron chi connectivity index (χ4n) is 3.93. The molecular weight excluding hydrogens is 408 g/mol. The van der Waals surface area contributed by atoms with Gasteiger partial charge in [-0.3, -0.25) is 4.99 Å². The quantitative estimate of drug-likeness (QED) is 0.337. The highest BCUT2D eigenvalue weighted by atomic mass is 32.2. The SMILES string of the molecule is CSc1cccc(C2N=C(c3cccc(-c4ccccc4)c3)C=C(c3ccccc3)N2)c1. The van der Waals surface area contributed by atoms with Gasteiger partial charge in [0.05, 0.1) is 5.71 Å². The topological polar surface area (TPSA) is 24.4 Å². The zero-order valence-corrected chi connectivity index (χ0v) is 18.7. The Labute approximate surface area is 193 Å². The first-order chi connectivity index (χ1) is 15.8. The summed E-state index contributed by atoms with van der Waals surface area (Å²) in [5, 5.41) is 3.65. The van der Waals surface area contributed by atoms with Gasteiger partial charge in [0.25, 0.3) is 0 Å². The van der Waals surface area contributed by atoms with Gasteiger partial charge < -0.3 is 5.32 Å². The molecule has 1 aliphatic rings. The smallest absolute Gasteiger partial charge is 0.145 e. The molecule has 0 saturated heterocycles. The van der Waals surface area contributed by atoms with E-state index in [4.69, 9.17) is 4.99 Å². The van der Waals surface area contributed by atoms with E-state index in [9.17, 15) is 0 Å². The molecule has 0 amide bonds. The molecule has 1 N–H and O–H groups in total. The largest absolute Gasteiger partial charge is 0.360 e. The Morgan fingerprint density at radius 1 is 0.656 bits per heavy atom. The fraction of sp³-hybridized carbons (Fsp3) is 0.0690. The molecule has 0 fully saturated rings. The summed E-state index contributed by atoms with van der Waals surface area (Å²) in [6.45, 7) is 0. The molecule has 0 aliphatic carbocycles. The minimum atomic E-state index is -0.141.